The normalized spacial score (nSPS) is 23.4. The van der Waals surface area contributed by atoms with Crippen LogP contribution in [0, 0.1) is 0 Å². The Morgan fingerprint density at radius 1 is 0.870 bits per heavy atom. The fourth-order valence-electron chi connectivity index (χ4n) is 4.04. The number of thiophene rings is 1. The minimum absolute atomic E-state index is 0.129. The van der Waals surface area contributed by atoms with Gasteiger partial charge in [-0.05, 0) is 37.1 Å². The van der Waals surface area contributed by atoms with E-state index in [4.69, 9.17) is 0 Å². The topological polar surface area (TPSA) is 17.1 Å². The first-order chi connectivity index (χ1) is 11.3. The van der Waals surface area contributed by atoms with Crippen molar-refractivity contribution in [2.24, 2.45) is 0 Å². The highest BCUT2D eigenvalue weighted by Gasteiger charge is 2.42. The quantitative estimate of drug-likeness (QED) is 0.468. The fourth-order valence-corrected chi connectivity index (χ4v) is 9.18. The largest absolute Gasteiger partial charge is 0.253 e. The van der Waals surface area contributed by atoms with Crippen LogP contribution in [0.4, 0.5) is 0 Å². The van der Waals surface area contributed by atoms with E-state index >= 15 is 0 Å². The van der Waals surface area contributed by atoms with Gasteiger partial charge < -0.3 is 0 Å². The summed E-state index contributed by atoms with van der Waals surface area (Å²) in [5, 5.41) is 2.61. The van der Waals surface area contributed by atoms with Gasteiger partial charge in [-0.2, -0.15) is 0 Å². The second-order valence-electron chi connectivity index (χ2n) is 6.56. The average Bonchev–Trinajstić information content (AvgIpc) is 2.73. The van der Waals surface area contributed by atoms with E-state index in [0.29, 0.717) is 0 Å². The maximum Gasteiger partial charge on any atom is 0.100 e. The minimum Gasteiger partial charge on any atom is -0.253 e. The van der Waals surface area contributed by atoms with Crippen LogP contribution in [0.15, 0.2) is 46.2 Å². The summed E-state index contributed by atoms with van der Waals surface area (Å²) in [7, 11) is -0.942. The first-order valence-electron chi connectivity index (χ1n) is 8.34. The van der Waals surface area contributed by atoms with Crippen LogP contribution < -0.4 is 0 Å². The average molecular weight is 359 g/mol. The first-order valence-corrected chi connectivity index (χ1v) is 11.1. The van der Waals surface area contributed by atoms with Crippen molar-refractivity contribution in [2.75, 3.05) is 0 Å². The molecule has 1 unspecified atom stereocenters. The molecule has 1 nitrogen and oxygen atoms in total. The molecule has 2 heterocycles. The lowest BCUT2D eigenvalue weighted by molar-refractivity contribution is 0.619. The van der Waals surface area contributed by atoms with Gasteiger partial charge in [0.05, 0.1) is 10.8 Å². The van der Waals surface area contributed by atoms with E-state index in [-0.39, 0.29) is 4.08 Å². The fraction of sp³-hybridized carbons (Fsp3) is 0.368. The molecule has 0 amide bonds. The zero-order valence-electron chi connectivity index (χ0n) is 12.8. The molecule has 1 aliphatic heterocycles. The van der Waals surface area contributed by atoms with Crippen LogP contribution in [0.5, 0.6) is 0 Å². The van der Waals surface area contributed by atoms with Crippen molar-refractivity contribution >= 4 is 54.1 Å². The maximum absolute atomic E-state index is 13.7. The Kier molecular flexibility index (Phi) is 3.36. The summed E-state index contributed by atoms with van der Waals surface area (Å²) in [5.74, 6) is 0. The zero-order valence-corrected chi connectivity index (χ0v) is 15.3. The Bertz CT molecular complexity index is 932. The number of hydrogen-bond donors (Lipinski definition) is 0. The van der Waals surface area contributed by atoms with Gasteiger partial charge in [-0.1, -0.05) is 37.8 Å². The van der Waals surface area contributed by atoms with Gasteiger partial charge in [0, 0.05) is 30.0 Å². The second kappa shape index (κ2) is 5.33. The van der Waals surface area contributed by atoms with Gasteiger partial charge in [0.15, 0.2) is 0 Å². The van der Waals surface area contributed by atoms with Gasteiger partial charge in [0.2, 0.25) is 0 Å². The van der Waals surface area contributed by atoms with E-state index in [1.807, 2.05) is 23.1 Å². The highest BCUT2D eigenvalue weighted by molar-refractivity contribution is 8.13. The summed E-state index contributed by atoms with van der Waals surface area (Å²) in [4.78, 5) is 2.42. The number of thioether (sulfide) groups is 1. The monoisotopic (exact) mass is 358 g/mol. The molecule has 1 spiro atoms. The van der Waals surface area contributed by atoms with Crippen molar-refractivity contribution in [3.05, 3.63) is 36.4 Å². The molecular formula is C19H18OS3. The SMILES string of the molecule is O=S1c2cccc3sc4cccc(c4c23)SC12CCCCCC2. The molecule has 23 heavy (non-hydrogen) atoms. The summed E-state index contributed by atoms with van der Waals surface area (Å²) in [6, 6.07) is 13.0. The summed E-state index contributed by atoms with van der Waals surface area (Å²) < 4.78 is 16.2. The standard InChI is InChI=1S/C19H18OS3/c20-23-16-10-6-8-14-18(16)17-13(21-14)7-5-9-15(17)22-19(23)11-3-1-2-4-12-19/h5-10H,1-4,11-12H2. The van der Waals surface area contributed by atoms with Crippen LogP contribution in [-0.2, 0) is 10.8 Å². The molecule has 1 aliphatic carbocycles. The second-order valence-corrected chi connectivity index (χ2v) is 11.1. The highest BCUT2D eigenvalue weighted by atomic mass is 32.2. The Labute approximate surface area is 146 Å². The summed E-state index contributed by atoms with van der Waals surface area (Å²) >= 11 is 3.75. The molecule has 0 bridgehead atoms. The van der Waals surface area contributed by atoms with Crippen molar-refractivity contribution in [1.82, 2.24) is 0 Å². The van der Waals surface area contributed by atoms with E-state index in [0.717, 1.165) is 17.7 Å². The van der Waals surface area contributed by atoms with Crippen LogP contribution in [0.2, 0.25) is 0 Å². The van der Waals surface area contributed by atoms with Crippen molar-refractivity contribution in [3.8, 4) is 0 Å². The van der Waals surface area contributed by atoms with Gasteiger partial charge in [-0.15, -0.1) is 23.1 Å². The van der Waals surface area contributed by atoms with Crippen LogP contribution in [0.25, 0.3) is 20.2 Å². The molecule has 2 aliphatic rings. The third-order valence-corrected chi connectivity index (χ3v) is 10.1. The van der Waals surface area contributed by atoms with Gasteiger partial charge in [-0.25, -0.2) is 0 Å². The molecule has 1 saturated carbocycles. The third kappa shape index (κ3) is 2.08. The van der Waals surface area contributed by atoms with Crippen LogP contribution in [0.1, 0.15) is 38.5 Å². The lowest BCUT2D eigenvalue weighted by atomic mass is 10.1. The summed E-state index contributed by atoms with van der Waals surface area (Å²) in [5.41, 5.74) is 0. The Morgan fingerprint density at radius 2 is 1.57 bits per heavy atom. The first kappa shape index (κ1) is 14.5. The maximum atomic E-state index is 13.7. The van der Waals surface area contributed by atoms with Gasteiger partial charge in [-0.3, -0.25) is 4.21 Å². The summed E-state index contributed by atoms with van der Waals surface area (Å²) in [6.45, 7) is 0. The third-order valence-electron chi connectivity index (χ3n) is 5.14. The number of benzene rings is 2. The van der Waals surface area contributed by atoms with Gasteiger partial charge in [0.25, 0.3) is 0 Å². The molecule has 3 aromatic rings. The molecule has 0 saturated heterocycles. The Balaban J connectivity index is 1.86. The van der Waals surface area contributed by atoms with E-state index < -0.39 is 10.8 Å². The molecule has 1 fully saturated rings. The molecule has 0 N–H and O–H groups in total. The van der Waals surface area contributed by atoms with E-state index in [1.54, 1.807) is 0 Å². The Morgan fingerprint density at radius 3 is 2.35 bits per heavy atom. The molecule has 1 aromatic heterocycles. The molecule has 0 radical (unpaired) electrons. The van der Waals surface area contributed by atoms with Crippen molar-refractivity contribution in [2.45, 2.75) is 52.4 Å². The van der Waals surface area contributed by atoms with Crippen molar-refractivity contribution in [1.29, 1.82) is 0 Å². The predicted molar refractivity (Wildman–Crippen MR) is 102 cm³/mol. The minimum atomic E-state index is -0.942. The van der Waals surface area contributed by atoms with Gasteiger partial charge in [0.1, 0.15) is 4.08 Å². The molecular weight excluding hydrogens is 340 g/mol. The molecule has 1 atom stereocenters. The number of rotatable bonds is 0. The lowest BCUT2D eigenvalue weighted by Crippen LogP contribution is -2.29. The van der Waals surface area contributed by atoms with Crippen LogP contribution >= 0.6 is 23.1 Å². The van der Waals surface area contributed by atoms with E-state index in [9.17, 15) is 4.21 Å². The van der Waals surface area contributed by atoms with Crippen molar-refractivity contribution in [3.63, 3.8) is 0 Å². The highest BCUT2D eigenvalue weighted by Crippen LogP contribution is 2.54. The molecule has 118 valence electrons. The van der Waals surface area contributed by atoms with Gasteiger partial charge >= 0.3 is 0 Å². The van der Waals surface area contributed by atoms with Crippen LogP contribution in [0.3, 0.4) is 0 Å². The molecule has 2 aromatic carbocycles. The number of hydrogen-bond acceptors (Lipinski definition) is 3. The van der Waals surface area contributed by atoms with E-state index in [1.165, 1.54) is 50.8 Å². The smallest absolute Gasteiger partial charge is 0.100 e. The van der Waals surface area contributed by atoms with E-state index in [2.05, 4.69) is 36.4 Å². The molecule has 5 rings (SSSR count). The zero-order chi connectivity index (χ0) is 15.4. The molecule has 4 heteroatoms. The Hall–Kier alpha value is -0.840. The van der Waals surface area contributed by atoms with Crippen molar-refractivity contribution < 1.29 is 4.21 Å². The predicted octanol–water partition coefficient (Wildman–Crippen LogP) is 6.32. The van der Waals surface area contributed by atoms with Crippen LogP contribution in [-0.4, -0.2) is 8.29 Å². The summed E-state index contributed by atoms with van der Waals surface area (Å²) in [6.07, 6.45) is 7.13. The lowest BCUT2D eigenvalue weighted by Gasteiger charge is -2.30.